The van der Waals surface area contributed by atoms with Gasteiger partial charge in [-0.15, -0.1) is 0 Å². The van der Waals surface area contributed by atoms with Gasteiger partial charge in [0, 0.05) is 0 Å². The van der Waals surface area contributed by atoms with Gasteiger partial charge in [-0.05, 0) is 0 Å². The summed E-state index contributed by atoms with van der Waals surface area (Å²) in [7, 11) is 0. The molecule has 0 unspecified atom stereocenters. The second-order valence-corrected chi connectivity index (χ2v) is 1.28. The minimum absolute atomic E-state index is 0.312. The van der Waals surface area contributed by atoms with Crippen molar-refractivity contribution in [3.8, 4) is 0 Å². The standard InChI is InChI=1S/C4H6N2O2/c7-6-4-3-8-2-1-5-4/h1-2,7H,3H2,(H,5,6). The molecule has 0 aromatic carbocycles. The molecule has 0 radical (unpaired) electrons. The van der Waals surface area contributed by atoms with E-state index in [1.54, 1.807) is 0 Å². The first-order valence-electron chi connectivity index (χ1n) is 2.17. The van der Waals surface area contributed by atoms with Crippen molar-refractivity contribution in [1.82, 2.24) is 5.48 Å². The van der Waals surface area contributed by atoms with Gasteiger partial charge in [-0.1, -0.05) is 0 Å². The molecule has 0 bridgehead atoms. The van der Waals surface area contributed by atoms with Gasteiger partial charge in [0.1, 0.15) is 12.9 Å². The predicted octanol–water partition coefficient (Wildman–Crippen LogP) is -0.135. The number of nitrogens with zero attached hydrogens (tertiary/aromatic N) is 1. The fourth-order valence-corrected chi connectivity index (χ4v) is 0.389. The van der Waals surface area contributed by atoms with Crippen molar-refractivity contribution in [2.45, 2.75) is 0 Å². The fourth-order valence-electron chi connectivity index (χ4n) is 0.389. The molecule has 0 aromatic rings. The van der Waals surface area contributed by atoms with Crippen LogP contribution in [0.4, 0.5) is 0 Å². The highest BCUT2D eigenvalue weighted by atomic mass is 16.5. The summed E-state index contributed by atoms with van der Waals surface area (Å²) in [6.07, 6.45) is 2.92. The summed E-state index contributed by atoms with van der Waals surface area (Å²) in [5.74, 6) is 0.424. The number of rotatable bonds is 0. The van der Waals surface area contributed by atoms with E-state index in [9.17, 15) is 0 Å². The Balaban J connectivity index is 2.50. The van der Waals surface area contributed by atoms with Crippen LogP contribution >= 0.6 is 0 Å². The largest absolute Gasteiger partial charge is 0.492 e. The van der Waals surface area contributed by atoms with Crippen molar-refractivity contribution in [2.24, 2.45) is 4.99 Å². The van der Waals surface area contributed by atoms with E-state index < -0.39 is 0 Å². The molecule has 2 N–H and O–H groups in total. The molecule has 0 aromatic heterocycles. The molecule has 1 aliphatic rings. The van der Waals surface area contributed by atoms with E-state index in [1.165, 1.54) is 12.5 Å². The van der Waals surface area contributed by atoms with E-state index in [0.29, 0.717) is 12.4 Å². The molecule has 0 amide bonds. The van der Waals surface area contributed by atoms with E-state index in [-0.39, 0.29) is 0 Å². The van der Waals surface area contributed by atoms with Gasteiger partial charge in [-0.2, -0.15) is 0 Å². The molecular formula is C4H6N2O2. The highest BCUT2D eigenvalue weighted by Crippen LogP contribution is 1.88. The molecule has 1 aliphatic heterocycles. The van der Waals surface area contributed by atoms with E-state index in [0.717, 1.165) is 0 Å². The number of ether oxygens (including phenoxy) is 1. The average molecular weight is 114 g/mol. The first kappa shape index (κ1) is 5.11. The van der Waals surface area contributed by atoms with Crippen molar-refractivity contribution >= 4 is 5.84 Å². The quantitative estimate of drug-likeness (QED) is 0.431. The molecule has 0 spiro atoms. The maximum absolute atomic E-state index is 8.20. The predicted molar refractivity (Wildman–Crippen MR) is 27.4 cm³/mol. The van der Waals surface area contributed by atoms with Crippen molar-refractivity contribution in [2.75, 3.05) is 6.61 Å². The Morgan fingerprint density at radius 3 is 3.12 bits per heavy atom. The molecule has 0 aliphatic carbocycles. The van der Waals surface area contributed by atoms with Gasteiger partial charge < -0.3 is 4.74 Å². The van der Waals surface area contributed by atoms with Crippen LogP contribution in [0.3, 0.4) is 0 Å². The summed E-state index contributed by atoms with van der Waals surface area (Å²) in [5, 5.41) is 8.20. The molecule has 4 heteroatoms. The van der Waals surface area contributed by atoms with Crippen LogP contribution < -0.4 is 5.48 Å². The van der Waals surface area contributed by atoms with Gasteiger partial charge in [0.25, 0.3) is 0 Å². The molecule has 4 nitrogen and oxygen atoms in total. The third-order valence-corrected chi connectivity index (χ3v) is 0.737. The third kappa shape index (κ3) is 0.974. The lowest BCUT2D eigenvalue weighted by Gasteiger charge is -2.05. The Kier molecular flexibility index (Phi) is 1.48. The highest BCUT2D eigenvalue weighted by molar-refractivity contribution is 5.83. The Labute approximate surface area is 46.4 Å². The third-order valence-electron chi connectivity index (χ3n) is 0.737. The van der Waals surface area contributed by atoms with Crippen LogP contribution in [-0.2, 0) is 4.74 Å². The van der Waals surface area contributed by atoms with Crippen molar-refractivity contribution in [3.63, 3.8) is 0 Å². The number of nitrogens with one attached hydrogen (secondary N) is 1. The van der Waals surface area contributed by atoms with Crippen LogP contribution in [-0.4, -0.2) is 17.6 Å². The minimum Gasteiger partial charge on any atom is -0.492 e. The Bertz CT molecular complexity index is 130. The number of hydrogen-bond acceptors (Lipinski definition) is 4. The van der Waals surface area contributed by atoms with Gasteiger partial charge in [-0.25, -0.2) is 4.99 Å². The molecule has 0 saturated carbocycles. The molecule has 1 rings (SSSR count). The van der Waals surface area contributed by atoms with E-state index in [1.807, 2.05) is 5.48 Å². The van der Waals surface area contributed by atoms with Crippen LogP contribution in [0.5, 0.6) is 0 Å². The Morgan fingerprint density at radius 2 is 2.75 bits per heavy atom. The highest BCUT2D eigenvalue weighted by Gasteiger charge is 1.96. The summed E-state index contributed by atoms with van der Waals surface area (Å²) < 4.78 is 4.74. The van der Waals surface area contributed by atoms with Crippen molar-refractivity contribution < 1.29 is 9.94 Å². The Morgan fingerprint density at radius 1 is 1.88 bits per heavy atom. The molecular weight excluding hydrogens is 108 g/mol. The number of hydrogen-bond donors (Lipinski definition) is 2. The van der Waals surface area contributed by atoms with E-state index in [2.05, 4.69) is 4.99 Å². The summed E-state index contributed by atoms with van der Waals surface area (Å²) in [4.78, 5) is 3.70. The van der Waals surface area contributed by atoms with Gasteiger partial charge in [-0.3, -0.25) is 10.7 Å². The monoisotopic (exact) mass is 114 g/mol. The first-order chi connectivity index (χ1) is 3.93. The lowest BCUT2D eigenvalue weighted by Crippen LogP contribution is -2.24. The number of amidine groups is 1. The molecule has 44 valence electrons. The van der Waals surface area contributed by atoms with Crippen LogP contribution in [0.25, 0.3) is 0 Å². The SMILES string of the molecule is ONC1=NC=COC1. The van der Waals surface area contributed by atoms with Gasteiger partial charge >= 0.3 is 0 Å². The van der Waals surface area contributed by atoms with Crippen molar-refractivity contribution in [1.29, 1.82) is 0 Å². The summed E-state index contributed by atoms with van der Waals surface area (Å²) in [6, 6.07) is 0. The maximum atomic E-state index is 8.20. The van der Waals surface area contributed by atoms with Crippen molar-refractivity contribution in [3.05, 3.63) is 12.5 Å². The lowest BCUT2D eigenvalue weighted by atomic mass is 10.6. The Hall–Kier alpha value is -1.03. The van der Waals surface area contributed by atoms with Crippen LogP contribution in [0, 0.1) is 0 Å². The second-order valence-electron chi connectivity index (χ2n) is 1.28. The lowest BCUT2D eigenvalue weighted by molar-refractivity contribution is 0.212. The summed E-state index contributed by atoms with van der Waals surface area (Å²) in [6.45, 7) is 0.312. The molecule has 1 heterocycles. The zero-order valence-electron chi connectivity index (χ0n) is 4.16. The van der Waals surface area contributed by atoms with Crippen LogP contribution in [0.15, 0.2) is 17.5 Å². The van der Waals surface area contributed by atoms with E-state index in [4.69, 9.17) is 9.94 Å². The summed E-state index contributed by atoms with van der Waals surface area (Å²) in [5.41, 5.74) is 1.88. The van der Waals surface area contributed by atoms with Gasteiger partial charge in [0.05, 0.1) is 6.20 Å². The number of aliphatic imine (C=N–C) groups is 1. The smallest absolute Gasteiger partial charge is 0.163 e. The average Bonchev–Trinajstić information content (AvgIpc) is 1.90. The molecule has 0 saturated heterocycles. The molecule has 8 heavy (non-hydrogen) atoms. The number of hydroxylamine groups is 1. The molecule has 0 atom stereocenters. The van der Waals surface area contributed by atoms with Crippen LogP contribution in [0.2, 0.25) is 0 Å². The van der Waals surface area contributed by atoms with E-state index >= 15 is 0 Å². The first-order valence-corrected chi connectivity index (χ1v) is 2.17. The second kappa shape index (κ2) is 2.32. The zero-order valence-corrected chi connectivity index (χ0v) is 4.16. The normalized spacial score (nSPS) is 16.9. The summed E-state index contributed by atoms with van der Waals surface area (Å²) >= 11 is 0. The topological polar surface area (TPSA) is 53.8 Å². The van der Waals surface area contributed by atoms with Crippen LogP contribution in [0.1, 0.15) is 0 Å². The molecule has 0 fully saturated rings. The minimum atomic E-state index is 0.312. The van der Waals surface area contributed by atoms with Gasteiger partial charge in [0.15, 0.2) is 5.84 Å². The van der Waals surface area contributed by atoms with Gasteiger partial charge in [0.2, 0.25) is 0 Å². The zero-order chi connectivity index (χ0) is 5.82. The fraction of sp³-hybridized carbons (Fsp3) is 0.250. The maximum Gasteiger partial charge on any atom is 0.163 e.